The lowest BCUT2D eigenvalue weighted by molar-refractivity contribution is 0.0517. The Morgan fingerprint density at radius 2 is 1.52 bits per heavy atom. The molecule has 23 heavy (non-hydrogen) atoms. The highest BCUT2D eigenvalue weighted by Crippen LogP contribution is 2.31. The number of hydrogen-bond acceptors (Lipinski definition) is 3. The van der Waals surface area contributed by atoms with E-state index in [4.69, 9.17) is 0 Å². The highest BCUT2D eigenvalue weighted by molar-refractivity contribution is 5.32. The minimum Gasteiger partial charge on any atom is -0.395 e. The number of aliphatic hydroxyl groups is 1. The van der Waals surface area contributed by atoms with Gasteiger partial charge in [-0.05, 0) is 18.1 Å². The lowest BCUT2D eigenvalue weighted by atomic mass is 9.95. The smallest absolute Gasteiger partial charge is 0.0604 e. The molecule has 3 nitrogen and oxygen atoms in total. The molecule has 1 fully saturated rings. The van der Waals surface area contributed by atoms with Crippen LogP contribution in [0, 0.1) is 0 Å². The van der Waals surface area contributed by atoms with Crippen LogP contribution < -0.4 is 0 Å². The molecule has 1 aliphatic heterocycles. The minimum absolute atomic E-state index is 0.244. The van der Waals surface area contributed by atoms with Gasteiger partial charge in [-0.15, -0.1) is 0 Å². The fourth-order valence-electron chi connectivity index (χ4n) is 3.62. The van der Waals surface area contributed by atoms with Crippen molar-refractivity contribution >= 4 is 0 Å². The Balaban J connectivity index is 1.88. The Hall–Kier alpha value is -1.68. The molecule has 2 aromatic rings. The number of piperazine rings is 1. The van der Waals surface area contributed by atoms with Crippen LogP contribution in [0.1, 0.15) is 24.1 Å². The van der Waals surface area contributed by atoms with Gasteiger partial charge in [0.05, 0.1) is 12.6 Å². The molecule has 0 aliphatic carbocycles. The van der Waals surface area contributed by atoms with E-state index in [1.54, 1.807) is 0 Å². The SMILES string of the molecule is CC1CN(CCO)CCN1C(c1ccccc1)c1ccccc1. The second-order valence-corrected chi connectivity index (χ2v) is 6.33. The lowest BCUT2D eigenvalue weighted by Gasteiger charge is -2.44. The van der Waals surface area contributed by atoms with Gasteiger partial charge in [0.2, 0.25) is 0 Å². The first-order valence-electron chi connectivity index (χ1n) is 8.48. The number of β-amino-alcohol motifs (C(OH)–C–C–N with tert-alkyl or cyclic N) is 1. The van der Waals surface area contributed by atoms with Gasteiger partial charge in [0.25, 0.3) is 0 Å². The third-order valence-electron chi connectivity index (χ3n) is 4.74. The summed E-state index contributed by atoms with van der Waals surface area (Å²) >= 11 is 0. The van der Waals surface area contributed by atoms with Crippen LogP contribution in [0.2, 0.25) is 0 Å². The molecule has 0 bridgehead atoms. The summed E-state index contributed by atoms with van der Waals surface area (Å²) in [7, 11) is 0. The normalized spacial score (nSPS) is 20.0. The molecule has 0 aromatic heterocycles. The predicted octanol–water partition coefficient (Wildman–Crippen LogP) is 2.77. The van der Waals surface area contributed by atoms with E-state index in [-0.39, 0.29) is 6.61 Å². The molecule has 3 rings (SSSR count). The van der Waals surface area contributed by atoms with Crippen LogP contribution in [0.4, 0.5) is 0 Å². The number of rotatable bonds is 5. The van der Waals surface area contributed by atoms with Gasteiger partial charge in [-0.2, -0.15) is 0 Å². The third kappa shape index (κ3) is 3.81. The summed E-state index contributed by atoms with van der Waals surface area (Å²) in [5.41, 5.74) is 2.70. The van der Waals surface area contributed by atoms with Crippen molar-refractivity contribution in [1.29, 1.82) is 0 Å². The van der Waals surface area contributed by atoms with E-state index >= 15 is 0 Å². The van der Waals surface area contributed by atoms with E-state index in [2.05, 4.69) is 77.4 Å². The summed E-state index contributed by atoms with van der Waals surface area (Å²) in [6.07, 6.45) is 0. The molecular weight excluding hydrogens is 284 g/mol. The van der Waals surface area contributed by atoms with Gasteiger partial charge >= 0.3 is 0 Å². The number of aliphatic hydroxyl groups excluding tert-OH is 1. The first-order chi connectivity index (χ1) is 11.3. The minimum atomic E-state index is 0.244. The molecule has 1 N–H and O–H groups in total. The van der Waals surface area contributed by atoms with Gasteiger partial charge in [0, 0.05) is 32.2 Å². The topological polar surface area (TPSA) is 26.7 Å². The summed E-state index contributed by atoms with van der Waals surface area (Å²) in [6.45, 7) is 6.36. The summed E-state index contributed by atoms with van der Waals surface area (Å²) < 4.78 is 0. The van der Waals surface area contributed by atoms with Crippen LogP contribution in [0.5, 0.6) is 0 Å². The Labute approximate surface area is 139 Å². The molecule has 0 spiro atoms. The standard InChI is InChI=1S/C20H26N2O/c1-17-16-21(14-15-23)12-13-22(17)20(18-8-4-2-5-9-18)19-10-6-3-7-11-19/h2-11,17,20,23H,12-16H2,1H3. The second kappa shape index (κ2) is 7.73. The Kier molecular flexibility index (Phi) is 5.44. The van der Waals surface area contributed by atoms with Crippen molar-refractivity contribution in [3.63, 3.8) is 0 Å². The average Bonchev–Trinajstić information content (AvgIpc) is 2.59. The molecule has 1 unspecified atom stereocenters. The maximum Gasteiger partial charge on any atom is 0.0604 e. The molecule has 1 heterocycles. The van der Waals surface area contributed by atoms with Crippen molar-refractivity contribution in [2.75, 3.05) is 32.8 Å². The molecule has 0 radical (unpaired) electrons. The van der Waals surface area contributed by atoms with Crippen LogP contribution in [0.15, 0.2) is 60.7 Å². The van der Waals surface area contributed by atoms with Crippen molar-refractivity contribution in [3.8, 4) is 0 Å². The number of benzene rings is 2. The molecule has 0 amide bonds. The molecule has 122 valence electrons. The van der Waals surface area contributed by atoms with E-state index in [1.807, 2.05) is 0 Å². The van der Waals surface area contributed by atoms with E-state index in [0.717, 1.165) is 26.2 Å². The van der Waals surface area contributed by atoms with Crippen LogP contribution in [-0.4, -0.2) is 53.7 Å². The zero-order valence-corrected chi connectivity index (χ0v) is 13.8. The zero-order chi connectivity index (χ0) is 16.1. The second-order valence-electron chi connectivity index (χ2n) is 6.33. The van der Waals surface area contributed by atoms with Crippen molar-refractivity contribution in [2.45, 2.75) is 19.0 Å². The Bertz CT molecular complexity index is 548. The largest absolute Gasteiger partial charge is 0.395 e. The highest BCUT2D eigenvalue weighted by Gasteiger charge is 2.30. The quantitative estimate of drug-likeness (QED) is 0.920. The highest BCUT2D eigenvalue weighted by atomic mass is 16.3. The van der Waals surface area contributed by atoms with Crippen molar-refractivity contribution in [2.24, 2.45) is 0 Å². The van der Waals surface area contributed by atoms with Crippen molar-refractivity contribution in [1.82, 2.24) is 9.80 Å². The van der Waals surface area contributed by atoms with Gasteiger partial charge in [-0.3, -0.25) is 9.80 Å². The van der Waals surface area contributed by atoms with E-state index in [1.165, 1.54) is 11.1 Å². The Morgan fingerprint density at radius 1 is 0.957 bits per heavy atom. The number of hydrogen-bond donors (Lipinski definition) is 1. The zero-order valence-electron chi connectivity index (χ0n) is 13.8. The average molecular weight is 310 g/mol. The van der Waals surface area contributed by atoms with E-state index in [9.17, 15) is 5.11 Å². The molecule has 0 saturated carbocycles. The first-order valence-corrected chi connectivity index (χ1v) is 8.48. The van der Waals surface area contributed by atoms with Gasteiger partial charge < -0.3 is 5.11 Å². The molecule has 1 atom stereocenters. The molecule has 3 heteroatoms. The lowest BCUT2D eigenvalue weighted by Crippen LogP contribution is -2.53. The van der Waals surface area contributed by atoms with Crippen LogP contribution >= 0.6 is 0 Å². The fourth-order valence-corrected chi connectivity index (χ4v) is 3.62. The third-order valence-corrected chi connectivity index (χ3v) is 4.74. The maximum atomic E-state index is 9.18. The van der Waals surface area contributed by atoms with Crippen molar-refractivity contribution in [3.05, 3.63) is 71.8 Å². The number of nitrogens with zero attached hydrogens (tertiary/aromatic N) is 2. The van der Waals surface area contributed by atoms with Crippen molar-refractivity contribution < 1.29 is 5.11 Å². The molecular formula is C20H26N2O. The monoisotopic (exact) mass is 310 g/mol. The summed E-state index contributed by atoms with van der Waals surface area (Å²) in [6, 6.07) is 22.3. The van der Waals surface area contributed by atoms with E-state index in [0.29, 0.717) is 12.1 Å². The summed E-state index contributed by atoms with van der Waals surface area (Å²) in [5.74, 6) is 0. The summed E-state index contributed by atoms with van der Waals surface area (Å²) in [4.78, 5) is 4.95. The first kappa shape index (κ1) is 16.2. The van der Waals surface area contributed by atoms with Gasteiger partial charge in [0.15, 0.2) is 0 Å². The Morgan fingerprint density at radius 3 is 2.00 bits per heavy atom. The van der Waals surface area contributed by atoms with Gasteiger partial charge in [-0.1, -0.05) is 60.7 Å². The van der Waals surface area contributed by atoms with E-state index < -0.39 is 0 Å². The molecule has 1 aliphatic rings. The van der Waals surface area contributed by atoms with Crippen LogP contribution in [-0.2, 0) is 0 Å². The maximum absolute atomic E-state index is 9.18. The fraction of sp³-hybridized carbons (Fsp3) is 0.400. The van der Waals surface area contributed by atoms with Gasteiger partial charge in [-0.25, -0.2) is 0 Å². The van der Waals surface area contributed by atoms with Crippen LogP contribution in [0.25, 0.3) is 0 Å². The van der Waals surface area contributed by atoms with Crippen LogP contribution in [0.3, 0.4) is 0 Å². The summed E-state index contributed by atoms with van der Waals surface area (Å²) in [5, 5.41) is 9.18. The molecule has 1 saturated heterocycles. The predicted molar refractivity (Wildman–Crippen MR) is 94.4 cm³/mol. The molecule has 2 aromatic carbocycles. The van der Waals surface area contributed by atoms with Gasteiger partial charge in [0.1, 0.15) is 0 Å².